The minimum absolute atomic E-state index is 0.206. The number of methoxy groups -OCH3 is 1. The Morgan fingerprint density at radius 1 is 1.10 bits per heavy atom. The Labute approximate surface area is 181 Å². The van der Waals surface area contributed by atoms with Crippen molar-refractivity contribution in [3.63, 3.8) is 0 Å². The quantitative estimate of drug-likeness (QED) is 0.647. The van der Waals surface area contributed by atoms with Gasteiger partial charge in [-0.2, -0.15) is 0 Å². The Morgan fingerprint density at radius 2 is 1.90 bits per heavy atom. The highest BCUT2D eigenvalue weighted by molar-refractivity contribution is 5.79. The topological polar surface area (TPSA) is 42.0 Å². The molecular weight excluding hydrogens is 376 g/mol. The third kappa shape index (κ3) is 5.76. The fourth-order valence-electron chi connectivity index (χ4n) is 5.46. The first-order valence-corrected chi connectivity index (χ1v) is 12.0. The molecule has 30 heavy (non-hydrogen) atoms. The van der Waals surface area contributed by atoms with Crippen molar-refractivity contribution < 1.29 is 14.3 Å². The van der Waals surface area contributed by atoms with Crippen molar-refractivity contribution in [1.82, 2.24) is 9.80 Å². The van der Waals surface area contributed by atoms with E-state index in [1.165, 1.54) is 51.6 Å². The molecule has 4 rings (SSSR count). The molecule has 1 aliphatic carbocycles. The van der Waals surface area contributed by atoms with Gasteiger partial charge < -0.3 is 19.3 Å². The number of likely N-dealkylation sites (tertiary alicyclic amines) is 1. The highest BCUT2D eigenvalue weighted by Gasteiger charge is 2.30. The maximum absolute atomic E-state index is 13.3. The van der Waals surface area contributed by atoms with E-state index in [2.05, 4.69) is 9.80 Å². The second-order valence-corrected chi connectivity index (χ2v) is 9.38. The van der Waals surface area contributed by atoms with Gasteiger partial charge in [-0.1, -0.05) is 25.0 Å². The molecule has 0 bridgehead atoms. The van der Waals surface area contributed by atoms with Crippen LogP contribution < -0.4 is 4.74 Å². The standard InChI is InChI=1S/C25H38N2O3/c1-29-23-9-4-6-21(16-23)17-25(28)27(19-24-10-5-15-30-24)18-20-11-13-26(14-12-20)22-7-2-3-8-22/h4,6,9,16,20,22,24H,2-3,5,7-8,10-15,17-19H2,1H3. The molecule has 3 aliphatic rings. The zero-order chi connectivity index (χ0) is 20.8. The lowest BCUT2D eigenvalue weighted by Gasteiger charge is -2.38. The van der Waals surface area contributed by atoms with Gasteiger partial charge in [0.25, 0.3) is 0 Å². The maximum Gasteiger partial charge on any atom is 0.227 e. The molecule has 2 saturated heterocycles. The van der Waals surface area contributed by atoms with E-state index in [0.29, 0.717) is 12.3 Å². The van der Waals surface area contributed by atoms with Gasteiger partial charge in [0.2, 0.25) is 5.91 Å². The molecular formula is C25H38N2O3. The Balaban J connectivity index is 1.35. The highest BCUT2D eigenvalue weighted by atomic mass is 16.5. The van der Waals surface area contributed by atoms with Crippen LogP contribution in [0.2, 0.25) is 0 Å². The van der Waals surface area contributed by atoms with E-state index >= 15 is 0 Å². The van der Waals surface area contributed by atoms with Gasteiger partial charge in [0.05, 0.1) is 19.6 Å². The van der Waals surface area contributed by atoms with Crippen LogP contribution in [-0.2, 0) is 16.0 Å². The van der Waals surface area contributed by atoms with Crippen molar-refractivity contribution in [1.29, 1.82) is 0 Å². The normalized spacial score (nSPS) is 23.7. The molecule has 2 heterocycles. The second-order valence-electron chi connectivity index (χ2n) is 9.38. The SMILES string of the molecule is COc1cccc(CC(=O)N(CC2CCN(C3CCCC3)CC2)CC2CCCO2)c1. The van der Waals surface area contributed by atoms with E-state index in [0.717, 1.165) is 49.9 Å². The Hall–Kier alpha value is -1.59. The minimum Gasteiger partial charge on any atom is -0.497 e. The van der Waals surface area contributed by atoms with Crippen molar-refractivity contribution in [2.45, 2.75) is 69.9 Å². The van der Waals surface area contributed by atoms with Crippen LogP contribution in [0.25, 0.3) is 0 Å². The number of benzene rings is 1. The highest BCUT2D eigenvalue weighted by Crippen LogP contribution is 2.28. The van der Waals surface area contributed by atoms with E-state index < -0.39 is 0 Å². The summed E-state index contributed by atoms with van der Waals surface area (Å²) in [5, 5.41) is 0. The molecule has 1 aromatic carbocycles. The first kappa shape index (κ1) is 21.6. The second kappa shape index (κ2) is 10.6. The first-order valence-electron chi connectivity index (χ1n) is 12.0. The van der Waals surface area contributed by atoms with E-state index in [1.54, 1.807) is 7.11 Å². The van der Waals surface area contributed by atoms with E-state index in [-0.39, 0.29) is 12.0 Å². The summed E-state index contributed by atoms with van der Waals surface area (Å²) in [6.45, 7) is 4.86. The number of hydrogen-bond donors (Lipinski definition) is 0. The number of ether oxygens (including phenoxy) is 2. The van der Waals surface area contributed by atoms with Gasteiger partial charge in [0.1, 0.15) is 5.75 Å². The first-order chi connectivity index (χ1) is 14.7. The Kier molecular flexibility index (Phi) is 7.67. The van der Waals surface area contributed by atoms with Crippen LogP contribution in [0.1, 0.15) is 56.9 Å². The van der Waals surface area contributed by atoms with E-state index in [9.17, 15) is 4.79 Å². The van der Waals surface area contributed by atoms with Gasteiger partial charge in [-0.25, -0.2) is 0 Å². The molecule has 2 aliphatic heterocycles. The van der Waals surface area contributed by atoms with Gasteiger partial charge in [-0.05, 0) is 75.2 Å². The molecule has 0 radical (unpaired) electrons. The van der Waals surface area contributed by atoms with E-state index in [1.807, 2.05) is 24.3 Å². The van der Waals surface area contributed by atoms with Crippen LogP contribution in [-0.4, -0.2) is 67.7 Å². The van der Waals surface area contributed by atoms with Crippen LogP contribution in [0.3, 0.4) is 0 Å². The summed E-state index contributed by atoms with van der Waals surface area (Å²) >= 11 is 0. The van der Waals surface area contributed by atoms with E-state index in [4.69, 9.17) is 9.47 Å². The number of carbonyl (C=O) groups excluding carboxylic acids is 1. The zero-order valence-electron chi connectivity index (χ0n) is 18.6. The van der Waals surface area contributed by atoms with Crippen molar-refractivity contribution >= 4 is 5.91 Å². The molecule has 0 spiro atoms. The molecule has 0 aromatic heterocycles. The fraction of sp³-hybridized carbons (Fsp3) is 0.720. The largest absolute Gasteiger partial charge is 0.497 e. The fourth-order valence-corrected chi connectivity index (χ4v) is 5.46. The van der Waals surface area contributed by atoms with Crippen LogP contribution in [0.4, 0.5) is 0 Å². The lowest BCUT2D eigenvalue weighted by Crippen LogP contribution is -2.45. The van der Waals surface area contributed by atoms with Crippen molar-refractivity contribution in [3.8, 4) is 5.75 Å². The number of rotatable bonds is 8. The summed E-state index contributed by atoms with van der Waals surface area (Å²) in [4.78, 5) is 18.1. The lowest BCUT2D eigenvalue weighted by molar-refractivity contribution is -0.133. The third-order valence-corrected chi connectivity index (χ3v) is 7.26. The average molecular weight is 415 g/mol. The number of hydrogen-bond acceptors (Lipinski definition) is 4. The molecule has 1 atom stereocenters. The molecule has 166 valence electrons. The van der Waals surface area contributed by atoms with Crippen LogP contribution in [0.5, 0.6) is 5.75 Å². The minimum atomic E-state index is 0.206. The predicted molar refractivity (Wildman–Crippen MR) is 119 cm³/mol. The number of amides is 1. The molecule has 5 heteroatoms. The van der Waals surface area contributed by atoms with Gasteiger partial charge in [0, 0.05) is 25.7 Å². The lowest BCUT2D eigenvalue weighted by atomic mass is 9.94. The predicted octanol–water partition coefficient (Wildman–Crippen LogP) is 3.90. The monoisotopic (exact) mass is 414 g/mol. The average Bonchev–Trinajstić information content (AvgIpc) is 3.48. The van der Waals surface area contributed by atoms with Crippen LogP contribution in [0.15, 0.2) is 24.3 Å². The summed E-state index contributed by atoms with van der Waals surface area (Å²) < 4.78 is 11.2. The van der Waals surface area contributed by atoms with Crippen molar-refractivity contribution in [3.05, 3.63) is 29.8 Å². The molecule has 1 unspecified atom stereocenters. The van der Waals surface area contributed by atoms with Crippen LogP contribution >= 0.6 is 0 Å². The molecule has 1 aromatic rings. The van der Waals surface area contributed by atoms with Crippen molar-refractivity contribution in [2.24, 2.45) is 5.92 Å². The number of piperidine rings is 1. The summed E-state index contributed by atoms with van der Waals surface area (Å²) in [5.41, 5.74) is 1.02. The molecule has 0 N–H and O–H groups in total. The van der Waals surface area contributed by atoms with Gasteiger partial charge in [0.15, 0.2) is 0 Å². The number of carbonyl (C=O) groups is 1. The summed E-state index contributed by atoms with van der Waals surface area (Å²) in [6.07, 6.45) is 10.8. The molecule has 1 amide bonds. The maximum atomic E-state index is 13.3. The zero-order valence-corrected chi connectivity index (χ0v) is 18.6. The smallest absolute Gasteiger partial charge is 0.227 e. The summed E-state index contributed by atoms with van der Waals surface area (Å²) in [7, 11) is 1.67. The Bertz CT molecular complexity index is 675. The molecule has 1 saturated carbocycles. The van der Waals surface area contributed by atoms with Crippen LogP contribution in [0, 0.1) is 5.92 Å². The third-order valence-electron chi connectivity index (χ3n) is 7.26. The van der Waals surface area contributed by atoms with Gasteiger partial charge in [-0.3, -0.25) is 4.79 Å². The van der Waals surface area contributed by atoms with Gasteiger partial charge >= 0.3 is 0 Å². The summed E-state index contributed by atoms with van der Waals surface area (Å²) in [5.74, 6) is 1.64. The van der Waals surface area contributed by atoms with Gasteiger partial charge in [-0.15, -0.1) is 0 Å². The molecule has 3 fully saturated rings. The summed E-state index contributed by atoms with van der Waals surface area (Å²) in [6, 6.07) is 8.71. The number of nitrogens with zero attached hydrogens (tertiary/aromatic N) is 2. The Morgan fingerprint density at radius 3 is 2.60 bits per heavy atom. The molecule has 5 nitrogen and oxygen atoms in total. The van der Waals surface area contributed by atoms with Crippen molar-refractivity contribution in [2.75, 3.05) is 39.9 Å².